The highest BCUT2D eigenvalue weighted by atomic mass is 28.4. The van der Waals surface area contributed by atoms with Crippen LogP contribution in [0.2, 0.25) is 18.1 Å². The van der Waals surface area contributed by atoms with Gasteiger partial charge in [-0.25, -0.2) is 0 Å². The Hall–Kier alpha value is -1.95. The molecular formula is C26H35NO3Si. The molecule has 166 valence electrons. The molecule has 2 aliphatic rings. The maximum absolute atomic E-state index is 13.5. The summed E-state index contributed by atoms with van der Waals surface area (Å²) in [4.78, 5) is 15.5. The lowest BCUT2D eigenvalue weighted by molar-refractivity contribution is -0.110. The second-order valence-corrected chi connectivity index (χ2v) is 15.5. The number of rotatable bonds is 4. The molecule has 0 N–H and O–H groups in total. The van der Waals surface area contributed by atoms with Crippen LogP contribution in [0.4, 0.5) is 0 Å². The highest BCUT2D eigenvalue weighted by Gasteiger charge is 2.55. The fourth-order valence-corrected chi connectivity index (χ4v) is 5.77. The molecule has 2 fully saturated rings. The molecule has 2 saturated heterocycles. The van der Waals surface area contributed by atoms with E-state index in [-0.39, 0.29) is 22.6 Å². The molecule has 2 aromatic rings. The van der Waals surface area contributed by atoms with Crippen molar-refractivity contribution in [2.45, 2.75) is 63.9 Å². The summed E-state index contributed by atoms with van der Waals surface area (Å²) in [6, 6.07) is 16.4. The predicted molar refractivity (Wildman–Crippen MR) is 128 cm³/mol. The smallest absolute Gasteiger partial charge is 0.254 e. The Morgan fingerprint density at radius 1 is 1.10 bits per heavy atom. The summed E-state index contributed by atoms with van der Waals surface area (Å²) in [7, 11) is -1.89. The van der Waals surface area contributed by atoms with Gasteiger partial charge in [-0.1, -0.05) is 57.2 Å². The molecular weight excluding hydrogens is 402 g/mol. The Balaban J connectivity index is 1.53. The minimum Gasteiger partial charge on any atom is -0.412 e. The van der Waals surface area contributed by atoms with Crippen molar-refractivity contribution in [3.05, 3.63) is 59.7 Å². The van der Waals surface area contributed by atoms with Gasteiger partial charge >= 0.3 is 0 Å². The number of likely N-dealkylation sites (tertiary alicyclic amines) is 1. The third-order valence-corrected chi connectivity index (χ3v) is 11.9. The van der Waals surface area contributed by atoms with Crippen LogP contribution < -0.4 is 0 Å². The maximum atomic E-state index is 13.5. The number of carbonyl (C=O) groups is 1. The van der Waals surface area contributed by atoms with Crippen molar-refractivity contribution in [2.24, 2.45) is 0 Å². The van der Waals surface area contributed by atoms with E-state index in [1.165, 1.54) is 11.1 Å². The molecule has 0 bridgehead atoms. The van der Waals surface area contributed by atoms with Gasteiger partial charge in [0.25, 0.3) is 5.91 Å². The molecule has 0 unspecified atom stereocenters. The van der Waals surface area contributed by atoms with E-state index in [1.807, 2.05) is 23.1 Å². The van der Waals surface area contributed by atoms with Crippen molar-refractivity contribution in [3.8, 4) is 11.1 Å². The molecule has 0 saturated carbocycles. The average molecular weight is 438 g/mol. The van der Waals surface area contributed by atoms with E-state index in [0.29, 0.717) is 19.8 Å². The molecule has 1 amide bonds. The first-order valence-electron chi connectivity index (χ1n) is 11.3. The highest BCUT2D eigenvalue weighted by Crippen LogP contribution is 2.43. The number of hydrogen-bond donors (Lipinski definition) is 0. The van der Waals surface area contributed by atoms with Gasteiger partial charge in [-0.2, -0.15) is 0 Å². The summed E-state index contributed by atoms with van der Waals surface area (Å²) in [5.41, 5.74) is 4.10. The van der Waals surface area contributed by atoms with Gasteiger partial charge < -0.3 is 14.1 Å². The molecule has 4 nitrogen and oxygen atoms in total. The summed E-state index contributed by atoms with van der Waals surface area (Å²) in [6.07, 6.45) is 0.951. The summed E-state index contributed by atoms with van der Waals surface area (Å²) in [6.45, 7) is 15.3. The second kappa shape index (κ2) is 7.87. The SMILES string of the molecule is Cc1ccccc1-c1ccc(C(=O)N2C[C@H](O[Si](C)(C)C(C)(C)C)CC23COC3)cc1. The molecule has 4 rings (SSSR count). The number of nitrogens with zero attached hydrogens (tertiary/aromatic N) is 1. The third kappa shape index (κ3) is 4.11. The largest absolute Gasteiger partial charge is 0.412 e. The van der Waals surface area contributed by atoms with Crippen molar-refractivity contribution in [1.82, 2.24) is 4.90 Å². The van der Waals surface area contributed by atoms with Crippen LogP contribution in [0.3, 0.4) is 0 Å². The van der Waals surface area contributed by atoms with Crippen LogP contribution in [-0.4, -0.2) is 50.5 Å². The van der Waals surface area contributed by atoms with Gasteiger partial charge in [-0.15, -0.1) is 0 Å². The number of benzene rings is 2. The zero-order valence-electron chi connectivity index (χ0n) is 19.7. The minimum atomic E-state index is -1.89. The molecule has 0 aromatic heterocycles. The third-order valence-electron chi connectivity index (χ3n) is 7.41. The van der Waals surface area contributed by atoms with Crippen LogP contribution in [0, 0.1) is 6.92 Å². The van der Waals surface area contributed by atoms with Gasteiger partial charge in [0.15, 0.2) is 8.32 Å². The first kappa shape index (κ1) is 22.2. The first-order valence-corrected chi connectivity index (χ1v) is 14.2. The highest BCUT2D eigenvalue weighted by molar-refractivity contribution is 6.74. The molecule has 2 aliphatic heterocycles. The van der Waals surface area contributed by atoms with Gasteiger partial charge in [0, 0.05) is 18.5 Å². The fourth-order valence-electron chi connectivity index (χ4n) is 4.42. The zero-order chi connectivity index (χ0) is 22.4. The van der Waals surface area contributed by atoms with E-state index in [4.69, 9.17) is 9.16 Å². The maximum Gasteiger partial charge on any atom is 0.254 e. The number of ether oxygens (including phenoxy) is 1. The van der Waals surface area contributed by atoms with E-state index >= 15 is 0 Å². The van der Waals surface area contributed by atoms with Crippen LogP contribution in [-0.2, 0) is 9.16 Å². The van der Waals surface area contributed by atoms with Gasteiger partial charge in [0.1, 0.15) is 0 Å². The van der Waals surface area contributed by atoms with Crippen LogP contribution in [0.25, 0.3) is 11.1 Å². The molecule has 0 aliphatic carbocycles. The van der Waals surface area contributed by atoms with Gasteiger partial charge in [-0.05, 0) is 53.9 Å². The molecule has 1 spiro atoms. The van der Waals surface area contributed by atoms with Gasteiger partial charge in [0.2, 0.25) is 0 Å². The van der Waals surface area contributed by atoms with Crippen molar-refractivity contribution in [3.63, 3.8) is 0 Å². The van der Waals surface area contributed by atoms with Gasteiger partial charge in [-0.3, -0.25) is 4.79 Å². The van der Waals surface area contributed by atoms with E-state index in [0.717, 1.165) is 17.5 Å². The summed E-state index contributed by atoms with van der Waals surface area (Å²) < 4.78 is 12.3. The molecule has 2 aromatic carbocycles. The molecule has 0 radical (unpaired) electrons. The summed E-state index contributed by atoms with van der Waals surface area (Å²) in [5.74, 6) is 0.0842. The lowest BCUT2D eigenvalue weighted by Crippen LogP contribution is -2.60. The van der Waals surface area contributed by atoms with Gasteiger partial charge in [0.05, 0.1) is 24.9 Å². The molecule has 1 atom stereocenters. The number of hydrogen-bond acceptors (Lipinski definition) is 3. The van der Waals surface area contributed by atoms with Crippen molar-refractivity contribution in [2.75, 3.05) is 19.8 Å². The van der Waals surface area contributed by atoms with Crippen LogP contribution in [0.1, 0.15) is 43.1 Å². The van der Waals surface area contributed by atoms with Crippen LogP contribution in [0.15, 0.2) is 48.5 Å². The average Bonchev–Trinajstić information content (AvgIpc) is 3.06. The predicted octanol–water partition coefficient (Wildman–Crippen LogP) is 5.67. The van der Waals surface area contributed by atoms with E-state index in [9.17, 15) is 4.79 Å². The Labute approximate surface area is 187 Å². The van der Waals surface area contributed by atoms with E-state index in [1.54, 1.807) is 0 Å². The Bertz CT molecular complexity index is 957. The standard InChI is InChI=1S/C26H35NO3Si/c1-19-9-7-8-10-23(19)20-11-13-21(14-12-20)24(28)27-16-22(15-26(27)17-29-18-26)30-31(5,6)25(2,3)4/h7-14,22H,15-18H2,1-6H3/t22-/m1/s1. The fraction of sp³-hybridized carbons (Fsp3) is 0.500. The first-order chi connectivity index (χ1) is 14.5. The zero-order valence-corrected chi connectivity index (χ0v) is 20.7. The molecule has 5 heteroatoms. The number of carbonyl (C=O) groups excluding carboxylic acids is 1. The monoisotopic (exact) mass is 437 g/mol. The minimum absolute atomic E-state index is 0.0833. The Kier molecular flexibility index (Phi) is 5.65. The quantitative estimate of drug-likeness (QED) is 0.579. The number of aryl methyl sites for hydroxylation is 1. The lowest BCUT2D eigenvalue weighted by Gasteiger charge is -2.45. The normalized spacial score (nSPS) is 20.7. The Morgan fingerprint density at radius 3 is 2.29 bits per heavy atom. The number of amides is 1. The van der Waals surface area contributed by atoms with Crippen LogP contribution >= 0.6 is 0 Å². The lowest BCUT2D eigenvalue weighted by atomic mass is 9.92. The van der Waals surface area contributed by atoms with Crippen molar-refractivity contribution in [1.29, 1.82) is 0 Å². The van der Waals surface area contributed by atoms with E-state index < -0.39 is 8.32 Å². The Morgan fingerprint density at radius 2 is 1.74 bits per heavy atom. The van der Waals surface area contributed by atoms with E-state index in [2.05, 4.69) is 71.1 Å². The molecule has 31 heavy (non-hydrogen) atoms. The van der Waals surface area contributed by atoms with Crippen molar-refractivity contribution < 1.29 is 14.0 Å². The summed E-state index contributed by atoms with van der Waals surface area (Å²) >= 11 is 0. The van der Waals surface area contributed by atoms with Crippen molar-refractivity contribution >= 4 is 14.2 Å². The van der Waals surface area contributed by atoms with Crippen LogP contribution in [0.5, 0.6) is 0 Å². The topological polar surface area (TPSA) is 38.8 Å². The molecule has 2 heterocycles. The second-order valence-electron chi connectivity index (χ2n) is 10.7. The summed E-state index contributed by atoms with van der Waals surface area (Å²) in [5, 5.41) is 0.152.